The zero-order valence-corrected chi connectivity index (χ0v) is 16.6. The average Bonchev–Trinajstić information content (AvgIpc) is 2.75. The van der Waals surface area contributed by atoms with E-state index in [1.807, 2.05) is 42.5 Å². The molecular formula is C21H23N7O2. The molecule has 0 aliphatic carbocycles. The Kier molecular flexibility index (Phi) is 5.71. The molecule has 0 saturated carbocycles. The standard InChI is InChI=1S/C21H23N7O2/c1-14(29)24-16-3-5-17(6-4-16)25-19-12-18(26-21(22)27-19)15-2-7-20(23-13-15)28-8-10-30-11-9-28/h2-7,12-13H,8-11H2,1H3,(H,24,29)(H3,22,25,26,27). The number of pyridine rings is 1. The summed E-state index contributed by atoms with van der Waals surface area (Å²) in [6.07, 6.45) is 1.79. The molecule has 9 heteroatoms. The molecular weight excluding hydrogens is 382 g/mol. The van der Waals surface area contributed by atoms with Crippen LogP contribution in [0.15, 0.2) is 48.7 Å². The van der Waals surface area contributed by atoms with Crippen molar-refractivity contribution in [2.75, 3.05) is 47.6 Å². The normalized spacial score (nSPS) is 13.7. The Labute approximate surface area is 174 Å². The van der Waals surface area contributed by atoms with E-state index in [9.17, 15) is 4.79 Å². The van der Waals surface area contributed by atoms with Crippen molar-refractivity contribution in [1.29, 1.82) is 0 Å². The van der Waals surface area contributed by atoms with Crippen LogP contribution in [0.3, 0.4) is 0 Å². The van der Waals surface area contributed by atoms with E-state index in [0.29, 0.717) is 24.7 Å². The first-order valence-corrected chi connectivity index (χ1v) is 9.65. The van der Waals surface area contributed by atoms with E-state index in [-0.39, 0.29) is 11.9 Å². The summed E-state index contributed by atoms with van der Waals surface area (Å²) in [7, 11) is 0. The second kappa shape index (κ2) is 8.75. The number of anilines is 5. The lowest BCUT2D eigenvalue weighted by Crippen LogP contribution is -2.36. The van der Waals surface area contributed by atoms with Crippen LogP contribution < -0.4 is 21.3 Å². The van der Waals surface area contributed by atoms with Gasteiger partial charge in [-0.3, -0.25) is 4.79 Å². The minimum absolute atomic E-state index is 0.114. The summed E-state index contributed by atoms with van der Waals surface area (Å²) in [5, 5.41) is 5.95. The third-order valence-electron chi connectivity index (χ3n) is 4.60. The molecule has 1 fully saturated rings. The molecule has 0 atom stereocenters. The number of carbonyl (C=O) groups is 1. The van der Waals surface area contributed by atoms with Crippen LogP contribution in [-0.4, -0.2) is 47.2 Å². The molecule has 3 heterocycles. The smallest absolute Gasteiger partial charge is 0.222 e. The molecule has 1 aliphatic rings. The van der Waals surface area contributed by atoms with Gasteiger partial charge >= 0.3 is 0 Å². The van der Waals surface area contributed by atoms with Gasteiger partial charge in [0, 0.05) is 49.2 Å². The number of benzene rings is 1. The van der Waals surface area contributed by atoms with Gasteiger partial charge in [-0.15, -0.1) is 0 Å². The summed E-state index contributed by atoms with van der Waals surface area (Å²) in [5.74, 6) is 1.54. The average molecular weight is 405 g/mol. The highest BCUT2D eigenvalue weighted by atomic mass is 16.5. The van der Waals surface area contributed by atoms with Gasteiger partial charge in [-0.1, -0.05) is 0 Å². The van der Waals surface area contributed by atoms with Crippen LogP contribution in [0.1, 0.15) is 6.92 Å². The summed E-state index contributed by atoms with van der Waals surface area (Å²) < 4.78 is 5.39. The third kappa shape index (κ3) is 4.81. The van der Waals surface area contributed by atoms with Crippen LogP contribution in [0.2, 0.25) is 0 Å². The zero-order chi connectivity index (χ0) is 20.9. The number of amides is 1. The number of carbonyl (C=O) groups excluding carboxylic acids is 1. The van der Waals surface area contributed by atoms with Gasteiger partial charge in [0.1, 0.15) is 11.6 Å². The first kappa shape index (κ1) is 19.6. The molecule has 3 aromatic rings. The molecule has 4 rings (SSSR count). The monoisotopic (exact) mass is 405 g/mol. The van der Waals surface area contributed by atoms with E-state index in [4.69, 9.17) is 10.5 Å². The van der Waals surface area contributed by atoms with Crippen molar-refractivity contribution in [3.8, 4) is 11.3 Å². The first-order chi connectivity index (χ1) is 14.6. The second-order valence-corrected chi connectivity index (χ2v) is 6.88. The van der Waals surface area contributed by atoms with Crippen molar-refractivity contribution in [3.05, 3.63) is 48.7 Å². The molecule has 0 spiro atoms. The first-order valence-electron chi connectivity index (χ1n) is 9.65. The molecule has 4 N–H and O–H groups in total. The van der Waals surface area contributed by atoms with Gasteiger partial charge in [0.05, 0.1) is 18.9 Å². The van der Waals surface area contributed by atoms with Crippen LogP contribution >= 0.6 is 0 Å². The van der Waals surface area contributed by atoms with Crippen molar-refractivity contribution < 1.29 is 9.53 Å². The zero-order valence-electron chi connectivity index (χ0n) is 16.6. The molecule has 0 unspecified atom stereocenters. The molecule has 1 saturated heterocycles. The van der Waals surface area contributed by atoms with E-state index < -0.39 is 0 Å². The van der Waals surface area contributed by atoms with Crippen molar-refractivity contribution in [3.63, 3.8) is 0 Å². The van der Waals surface area contributed by atoms with E-state index in [2.05, 4.69) is 30.5 Å². The maximum atomic E-state index is 11.1. The fraction of sp³-hybridized carbons (Fsp3) is 0.238. The number of ether oxygens (including phenoxy) is 1. The van der Waals surface area contributed by atoms with Crippen molar-refractivity contribution in [2.24, 2.45) is 0 Å². The molecule has 0 radical (unpaired) electrons. The number of nitrogens with one attached hydrogen (secondary N) is 2. The molecule has 2 aromatic heterocycles. The molecule has 30 heavy (non-hydrogen) atoms. The quantitative estimate of drug-likeness (QED) is 0.593. The van der Waals surface area contributed by atoms with Gasteiger partial charge in [-0.2, -0.15) is 4.98 Å². The molecule has 1 amide bonds. The van der Waals surface area contributed by atoms with Crippen LogP contribution in [0.4, 0.5) is 29.0 Å². The van der Waals surface area contributed by atoms with Crippen LogP contribution in [-0.2, 0) is 9.53 Å². The van der Waals surface area contributed by atoms with Gasteiger partial charge in [-0.05, 0) is 36.4 Å². The number of aromatic nitrogens is 3. The lowest BCUT2D eigenvalue weighted by molar-refractivity contribution is -0.114. The second-order valence-electron chi connectivity index (χ2n) is 6.88. The fourth-order valence-corrected chi connectivity index (χ4v) is 3.18. The lowest BCUT2D eigenvalue weighted by atomic mass is 10.2. The van der Waals surface area contributed by atoms with E-state index in [1.165, 1.54) is 6.92 Å². The highest BCUT2D eigenvalue weighted by molar-refractivity contribution is 5.88. The van der Waals surface area contributed by atoms with E-state index in [0.717, 1.165) is 35.8 Å². The fourth-order valence-electron chi connectivity index (χ4n) is 3.18. The largest absolute Gasteiger partial charge is 0.378 e. The van der Waals surface area contributed by atoms with Crippen molar-refractivity contribution >= 4 is 34.9 Å². The van der Waals surface area contributed by atoms with Crippen LogP contribution in [0, 0.1) is 0 Å². The van der Waals surface area contributed by atoms with Crippen LogP contribution in [0.5, 0.6) is 0 Å². The highest BCUT2D eigenvalue weighted by Gasteiger charge is 2.13. The van der Waals surface area contributed by atoms with Gasteiger partial charge in [0.25, 0.3) is 0 Å². The summed E-state index contributed by atoms with van der Waals surface area (Å²) >= 11 is 0. The number of hydrogen-bond donors (Lipinski definition) is 3. The molecule has 9 nitrogen and oxygen atoms in total. The number of morpholine rings is 1. The Morgan fingerprint density at radius 1 is 1.07 bits per heavy atom. The van der Waals surface area contributed by atoms with E-state index >= 15 is 0 Å². The van der Waals surface area contributed by atoms with Crippen LogP contribution in [0.25, 0.3) is 11.3 Å². The lowest BCUT2D eigenvalue weighted by Gasteiger charge is -2.27. The Hall–Kier alpha value is -3.72. The molecule has 154 valence electrons. The minimum Gasteiger partial charge on any atom is -0.378 e. The van der Waals surface area contributed by atoms with Gasteiger partial charge in [0.15, 0.2) is 0 Å². The number of rotatable bonds is 5. The van der Waals surface area contributed by atoms with Gasteiger partial charge in [0.2, 0.25) is 11.9 Å². The van der Waals surface area contributed by atoms with Crippen molar-refractivity contribution in [2.45, 2.75) is 6.92 Å². The molecule has 0 bridgehead atoms. The summed E-state index contributed by atoms with van der Waals surface area (Å²) in [6.45, 7) is 4.57. The number of hydrogen-bond acceptors (Lipinski definition) is 8. The third-order valence-corrected chi connectivity index (χ3v) is 4.60. The van der Waals surface area contributed by atoms with Gasteiger partial charge in [-0.25, -0.2) is 9.97 Å². The minimum atomic E-state index is -0.114. The molecule has 1 aromatic carbocycles. The highest BCUT2D eigenvalue weighted by Crippen LogP contribution is 2.25. The van der Waals surface area contributed by atoms with Crippen molar-refractivity contribution in [1.82, 2.24) is 15.0 Å². The predicted molar refractivity (Wildman–Crippen MR) is 117 cm³/mol. The predicted octanol–water partition coefficient (Wildman–Crippen LogP) is 2.66. The maximum absolute atomic E-state index is 11.1. The Bertz CT molecular complexity index is 1020. The van der Waals surface area contributed by atoms with Gasteiger partial charge < -0.3 is 26.0 Å². The Balaban J connectivity index is 1.50. The number of nitrogens with zero attached hydrogens (tertiary/aromatic N) is 4. The summed E-state index contributed by atoms with van der Waals surface area (Å²) in [6, 6.07) is 13.1. The van der Waals surface area contributed by atoms with E-state index in [1.54, 1.807) is 6.20 Å². The summed E-state index contributed by atoms with van der Waals surface area (Å²) in [4.78, 5) is 26.5. The Morgan fingerprint density at radius 3 is 2.47 bits per heavy atom. The number of nitrogens with two attached hydrogens (primary N) is 1. The summed E-state index contributed by atoms with van der Waals surface area (Å²) in [5.41, 5.74) is 9.00. The Morgan fingerprint density at radius 2 is 1.80 bits per heavy atom. The topological polar surface area (TPSA) is 118 Å². The maximum Gasteiger partial charge on any atom is 0.222 e. The molecule has 1 aliphatic heterocycles. The number of nitrogen functional groups attached to an aromatic ring is 1. The SMILES string of the molecule is CC(=O)Nc1ccc(Nc2cc(-c3ccc(N4CCOCC4)nc3)nc(N)n2)cc1.